The fourth-order valence-corrected chi connectivity index (χ4v) is 2.80. The van der Waals surface area contributed by atoms with Gasteiger partial charge in [-0.2, -0.15) is 0 Å². The second-order valence-electron chi connectivity index (χ2n) is 5.24. The fraction of sp³-hybridized carbons (Fsp3) is 0.500. The zero-order valence-electron chi connectivity index (χ0n) is 11.4. The molecule has 0 saturated heterocycles. The van der Waals surface area contributed by atoms with E-state index < -0.39 is 5.82 Å². The summed E-state index contributed by atoms with van der Waals surface area (Å²) in [5.41, 5.74) is 7.29. The predicted molar refractivity (Wildman–Crippen MR) is 79.4 cm³/mol. The van der Waals surface area contributed by atoms with Crippen molar-refractivity contribution in [3.8, 4) is 0 Å². The normalized spacial score (nSPS) is 15.4. The second-order valence-corrected chi connectivity index (χ2v) is 5.64. The van der Waals surface area contributed by atoms with Crippen molar-refractivity contribution in [2.45, 2.75) is 32.4 Å². The second kappa shape index (κ2) is 5.22. The molecule has 1 aliphatic rings. The molecule has 0 aliphatic heterocycles. The Labute approximate surface area is 122 Å². The molecule has 1 aromatic heterocycles. The van der Waals surface area contributed by atoms with Gasteiger partial charge in [0.15, 0.2) is 0 Å². The minimum absolute atomic E-state index is 0.0790. The van der Waals surface area contributed by atoms with Crippen molar-refractivity contribution in [1.29, 1.82) is 0 Å². The van der Waals surface area contributed by atoms with Gasteiger partial charge in [-0.15, -0.1) is 0 Å². The van der Waals surface area contributed by atoms with Crippen molar-refractivity contribution in [3.63, 3.8) is 0 Å². The maximum atomic E-state index is 13.6. The summed E-state index contributed by atoms with van der Waals surface area (Å²) in [6.45, 7) is 4.80. The van der Waals surface area contributed by atoms with Crippen LogP contribution in [0.15, 0.2) is 12.1 Å². The van der Waals surface area contributed by atoms with Gasteiger partial charge in [0.1, 0.15) is 5.82 Å². The van der Waals surface area contributed by atoms with Crippen LogP contribution in [-0.2, 0) is 6.54 Å². The van der Waals surface area contributed by atoms with Gasteiger partial charge in [-0.1, -0.05) is 18.5 Å². The molecule has 3 rings (SSSR count). The highest BCUT2D eigenvalue weighted by Gasteiger charge is 2.27. The Bertz CT molecular complexity index is 636. The molecule has 1 saturated carbocycles. The highest BCUT2D eigenvalue weighted by Crippen LogP contribution is 2.27. The van der Waals surface area contributed by atoms with Crippen LogP contribution in [0.5, 0.6) is 0 Å². The van der Waals surface area contributed by atoms with E-state index in [1.54, 1.807) is 0 Å². The first-order valence-corrected chi connectivity index (χ1v) is 7.32. The molecule has 1 fully saturated rings. The smallest absolute Gasteiger partial charge is 0.201 e. The summed E-state index contributed by atoms with van der Waals surface area (Å²) < 4.78 is 15.5. The molecule has 6 heteroatoms. The summed E-state index contributed by atoms with van der Waals surface area (Å²) in [5.74, 6) is -0.0247. The van der Waals surface area contributed by atoms with Gasteiger partial charge in [-0.3, -0.25) is 4.90 Å². The first-order chi connectivity index (χ1) is 9.60. The van der Waals surface area contributed by atoms with E-state index in [1.807, 2.05) is 4.57 Å². The molecule has 0 unspecified atom stereocenters. The average Bonchev–Trinajstić information content (AvgIpc) is 3.19. The van der Waals surface area contributed by atoms with Gasteiger partial charge in [-0.25, -0.2) is 9.37 Å². The van der Waals surface area contributed by atoms with Gasteiger partial charge >= 0.3 is 0 Å². The van der Waals surface area contributed by atoms with Crippen LogP contribution in [0.25, 0.3) is 11.0 Å². The van der Waals surface area contributed by atoms with Crippen LogP contribution in [0.2, 0.25) is 5.02 Å². The number of hydrogen-bond donors (Lipinski definition) is 1. The van der Waals surface area contributed by atoms with Crippen molar-refractivity contribution in [3.05, 3.63) is 23.0 Å². The molecule has 0 bridgehead atoms. The zero-order valence-corrected chi connectivity index (χ0v) is 12.2. The maximum absolute atomic E-state index is 13.6. The first kappa shape index (κ1) is 13.6. The molecular weight excluding hydrogens is 279 g/mol. The SMILES string of the molecule is CCN(CCn1c(N)nc2cc(Cl)c(F)cc21)C1CC1. The van der Waals surface area contributed by atoms with Crippen LogP contribution in [-0.4, -0.2) is 33.6 Å². The summed E-state index contributed by atoms with van der Waals surface area (Å²) in [7, 11) is 0. The molecule has 108 valence electrons. The van der Waals surface area contributed by atoms with Gasteiger partial charge < -0.3 is 10.3 Å². The van der Waals surface area contributed by atoms with Crippen molar-refractivity contribution in [2.24, 2.45) is 0 Å². The number of nitrogens with two attached hydrogens (primary N) is 1. The number of rotatable bonds is 5. The Morgan fingerprint density at radius 2 is 2.25 bits per heavy atom. The summed E-state index contributed by atoms with van der Waals surface area (Å²) in [4.78, 5) is 6.68. The van der Waals surface area contributed by atoms with E-state index in [0.29, 0.717) is 29.6 Å². The van der Waals surface area contributed by atoms with E-state index in [1.165, 1.54) is 25.0 Å². The number of fused-ring (bicyclic) bond motifs is 1. The van der Waals surface area contributed by atoms with Gasteiger partial charge in [0.2, 0.25) is 5.95 Å². The van der Waals surface area contributed by atoms with E-state index in [2.05, 4.69) is 16.8 Å². The minimum atomic E-state index is -0.435. The Hall–Kier alpha value is -1.33. The number of halogens is 2. The van der Waals surface area contributed by atoms with E-state index >= 15 is 0 Å². The molecule has 1 aliphatic carbocycles. The molecule has 0 amide bonds. The number of nitrogen functional groups attached to an aromatic ring is 1. The van der Waals surface area contributed by atoms with E-state index in [-0.39, 0.29) is 5.02 Å². The Balaban J connectivity index is 1.86. The number of nitrogens with zero attached hydrogens (tertiary/aromatic N) is 3. The summed E-state index contributed by atoms with van der Waals surface area (Å²) in [5, 5.41) is 0.0790. The predicted octanol–water partition coefficient (Wildman–Crippen LogP) is 2.90. The van der Waals surface area contributed by atoms with E-state index in [9.17, 15) is 4.39 Å². The van der Waals surface area contributed by atoms with Gasteiger partial charge in [-0.05, 0) is 25.5 Å². The van der Waals surface area contributed by atoms with Crippen molar-refractivity contribution in [2.75, 3.05) is 18.8 Å². The molecule has 2 aromatic rings. The van der Waals surface area contributed by atoms with Gasteiger partial charge in [0, 0.05) is 25.2 Å². The van der Waals surface area contributed by atoms with Crippen LogP contribution in [0, 0.1) is 5.82 Å². The quantitative estimate of drug-likeness (QED) is 0.923. The number of anilines is 1. The minimum Gasteiger partial charge on any atom is -0.369 e. The summed E-state index contributed by atoms with van der Waals surface area (Å²) in [6.07, 6.45) is 2.55. The van der Waals surface area contributed by atoms with Crippen molar-refractivity contribution in [1.82, 2.24) is 14.5 Å². The average molecular weight is 297 g/mol. The summed E-state index contributed by atoms with van der Waals surface area (Å²) >= 11 is 5.78. The topological polar surface area (TPSA) is 47.1 Å². The molecule has 0 spiro atoms. The molecule has 0 radical (unpaired) electrons. The zero-order chi connectivity index (χ0) is 14.3. The third-order valence-corrected chi connectivity index (χ3v) is 4.19. The molecule has 20 heavy (non-hydrogen) atoms. The lowest BCUT2D eigenvalue weighted by Gasteiger charge is -2.20. The van der Waals surface area contributed by atoms with Crippen LogP contribution in [0.3, 0.4) is 0 Å². The highest BCUT2D eigenvalue weighted by molar-refractivity contribution is 6.31. The van der Waals surface area contributed by atoms with E-state index in [4.69, 9.17) is 17.3 Å². The molecule has 0 atom stereocenters. The molecular formula is C14H18ClFN4. The van der Waals surface area contributed by atoms with E-state index in [0.717, 1.165) is 13.1 Å². The number of aromatic nitrogens is 2. The van der Waals surface area contributed by atoms with Gasteiger partial charge in [0.25, 0.3) is 0 Å². The van der Waals surface area contributed by atoms with Crippen LogP contribution in [0.1, 0.15) is 19.8 Å². The Morgan fingerprint density at radius 3 is 2.90 bits per heavy atom. The lowest BCUT2D eigenvalue weighted by Crippen LogP contribution is -2.29. The third kappa shape index (κ3) is 2.47. The molecule has 4 nitrogen and oxygen atoms in total. The van der Waals surface area contributed by atoms with Gasteiger partial charge in [0.05, 0.1) is 16.1 Å². The maximum Gasteiger partial charge on any atom is 0.201 e. The Morgan fingerprint density at radius 1 is 1.50 bits per heavy atom. The number of imidazole rings is 1. The lowest BCUT2D eigenvalue weighted by molar-refractivity contribution is 0.268. The first-order valence-electron chi connectivity index (χ1n) is 6.95. The van der Waals surface area contributed by atoms with Crippen molar-refractivity contribution < 1.29 is 4.39 Å². The van der Waals surface area contributed by atoms with Crippen molar-refractivity contribution >= 4 is 28.6 Å². The van der Waals surface area contributed by atoms with Crippen LogP contribution < -0.4 is 5.73 Å². The summed E-state index contributed by atoms with van der Waals surface area (Å²) in [6, 6.07) is 3.65. The molecule has 1 heterocycles. The standard InChI is InChI=1S/C14H18ClFN4/c1-2-19(9-3-4-9)5-6-20-13-8-11(16)10(15)7-12(13)18-14(20)17/h7-9H,2-6H2,1H3,(H2,17,18). The number of likely N-dealkylation sites (N-methyl/N-ethyl adjacent to an activating group) is 1. The number of hydrogen-bond acceptors (Lipinski definition) is 3. The van der Waals surface area contributed by atoms with Crippen LogP contribution >= 0.6 is 11.6 Å². The Kier molecular flexibility index (Phi) is 3.56. The monoisotopic (exact) mass is 296 g/mol. The largest absolute Gasteiger partial charge is 0.369 e. The molecule has 2 N–H and O–H groups in total. The highest BCUT2D eigenvalue weighted by atomic mass is 35.5. The third-order valence-electron chi connectivity index (χ3n) is 3.90. The fourth-order valence-electron chi connectivity index (χ4n) is 2.64. The lowest BCUT2D eigenvalue weighted by atomic mass is 10.3. The number of benzene rings is 1. The van der Waals surface area contributed by atoms with Crippen LogP contribution in [0.4, 0.5) is 10.3 Å². The molecule has 1 aromatic carbocycles.